The molecule has 0 bridgehead atoms. The fraction of sp³-hybridized carbons (Fsp3) is 0.222. The van der Waals surface area contributed by atoms with Gasteiger partial charge in [0.2, 0.25) is 0 Å². The lowest BCUT2D eigenvalue weighted by Crippen LogP contribution is -2.26. The van der Waals surface area contributed by atoms with Gasteiger partial charge in [0.05, 0.1) is 0 Å². The number of anilines is 2. The number of hydrogen-bond donors (Lipinski definition) is 0. The second kappa shape index (κ2) is 6.51. The van der Waals surface area contributed by atoms with Crippen LogP contribution in [-0.4, -0.2) is 35.2 Å². The zero-order chi connectivity index (χ0) is 16.5. The van der Waals surface area contributed by atoms with E-state index in [4.69, 9.17) is 11.6 Å². The molecule has 0 fully saturated rings. The number of likely N-dealkylation sites (N-methyl/N-ethyl adjacent to an activating group) is 1. The number of nitrogens with zero attached hydrogens (tertiary/aromatic N) is 4. The van der Waals surface area contributed by atoms with Crippen LogP contribution < -0.4 is 4.90 Å². The molecule has 122 valence electrons. The van der Waals surface area contributed by atoms with Crippen molar-refractivity contribution < 1.29 is 0 Å². The molecule has 0 saturated heterocycles. The standard InChI is InChI=1S/C18H17ClN4S/c1-22-8-9-23(16-5-3-15(19)4-6-16)17-7-2-13(10-14(17)11-22)18-21-20-12-24-18/h2-7,10,12H,8-9,11H2,1H3. The zero-order valence-electron chi connectivity index (χ0n) is 13.3. The first kappa shape index (κ1) is 15.6. The van der Waals surface area contributed by atoms with Gasteiger partial charge in [0, 0.05) is 41.6 Å². The van der Waals surface area contributed by atoms with Gasteiger partial charge in [-0.05, 0) is 55.1 Å². The first-order valence-corrected chi connectivity index (χ1v) is 9.07. The highest BCUT2D eigenvalue weighted by Crippen LogP contribution is 2.35. The van der Waals surface area contributed by atoms with E-state index in [1.165, 1.54) is 16.9 Å². The van der Waals surface area contributed by atoms with E-state index in [0.29, 0.717) is 0 Å². The smallest absolute Gasteiger partial charge is 0.147 e. The molecule has 0 aliphatic carbocycles. The van der Waals surface area contributed by atoms with Crippen molar-refractivity contribution in [2.45, 2.75) is 6.54 Å². The topological polar surface area (TPSA) is 32.3 Å². The summed E-state index contributed by atoms with van der Waals surface area (Å²) >= 11 is 7.61. The normalized spacial score (nSPS) is 15.2. The maximum atomic E-state index is 6.05. The van der Waals surface area contributed by atoms with Crippen molar-refractivity contribution in [3.05, 3.63) is 58.6 Å². The molecule has 4 rings (SSSR count). The molecule has 0 N–H and O–H groups in total. The van der Waals surface area contributed by atoms with Gasteiger partial charge in [-0.15, -0.1) is 10.2 Å². The Morgan fingerprint density at radius 3 is 2.67 bits per heavy atom. The summed E-state index contributed by atoms with van der Waals surface area (Å²) in [6.07, 6.45) is 0. The Bertz CT molecular complexity index is 833. The Kier molecular flexibility index (Phi) is 4.22. The van der Waals surface area contributed by atoms with Gasteiger partial charge in [0.25, 0.3) is 0 Å². The number of halogens is 1. The van der Waals surface area contributed by atoms with Crippen LogP contribution in [0.2, 0.25) is 5.02 Å². The van der Waals surface area contributed by atoms with E-state index in [0.717, 1.165) is 35.2 Å². The second-order valence-electron chi connectivity index (χ2n) is 5.95. The molecule has 1 aromatic heterocycles. The first-order valence-electron chi connectivity index (χ1n) is 7.82. The number of hydrogen-bond acceptors (Lipinski definition) is 5. The molecule has 0 saturated carbocycles. The van der Waals surface area contributed by atoms with Crippen LogP contribution in [0.15, 0.2) is 48.0 Å². The van der Waals surface area contributed by atoms with Gasteiger partial charge in [0.1, 0.15) is 10.5 Å². The van der Waals surface area contributed by atoms with Crippen molar-refractivity contribution >= 4 is 34.3 Å². The van der Waals surface area contributed by atoms with Gasteiger partial charge in [-0.3, -0.25) is 0 Å². The molecule has 0 atom stereocenters. The number of fused-ring (bicyclic) bond motifs is 1. The van der Waals surface area contributed by atoms with E-state index in [-0.39, 0.29) is 0 Å². The molecule has 6 heteroatoms. The summed E-state index contributed by atoms with van der Waals surface area (Å²) < 4.78 is 0. The Labute approximate surface area is 150 Å². The fourth-order valence-electron chi connectivity index (χ4n) is 3.06. The summed E-state index contributed by atoms with van der Waals surface area (Å²) in [4.78, 5) is 4.71. The van der Waals surface area contributed by atoms with Gasteiger partial charge in [-0.2, -0.15) is 0 Å². The van der Waals surface area contributed by atoms with E-state index in [9.17, 15) is 0 Å². The van der Waals surface area contributed by atoms with Crippen LogP contribution in [0, 0.1) is 0 Å². The summed E-state index contributed by atoms with van der Waals surface area (Å²) in [6, 6.07) is 14.6. The molecule has 24 heavy (non-hydrogen) atoms. The van der Waals surface area contributed by atoms with Crippen molar-refractivity contribution in [1.29, 1.82) is 0 Å². The van der Waals surface area contributed by atoms with Crippen LogP contribution in [0.5, 0.6) is 0 Å². The van der Waals surface area contributed by atoms with Gasteiger partial charge in [-0.1, -0.05) is 22.9 Å². The monoisotopic (exact) mass is 356 g/mol. The van der Waals surface area contributed by atoms with E-state index >= 15 is 0 Å². The molecule has 1 aliphatic rings. The minimum absolute atomic E-state index is 0.762. The third-order valence-electron chi connectivity index (χ3n) is 4.26. The molecule has 0 amide bonds. The third-order valence-corrected chi connectivity index (χ3v) is 5.25. The molecule has 3 aromatic rings. The van der Waals surface area contributed by atoms with Crippen LogP contribution in [0.25, 0.3) is 10.6 Å². The summed E-state index contributed by atoms with van der Waals surface area (Å²) in [6.45, 7) is 2.88. The molecule has 0 radical (unpaired) electrons. The summed E-state index contributed by atoms with van der Waals surface area (Å²) in [5, 5.41) is 9.86. The van der Waals surface area contributed by atoms with Gasteiger partial charge in [0.15, 0.2) is 0 Å². The van der Waals surface area contributed by atoms with Crippen molar-refractivity contribution in [2.24, 2.45) is 0 Å². The Balaban J connectivity index is 1.78. The van der Waals surface area contributed by atoms with E-state index in [1.807, 2.05) is 12.1 Å². The van der Waals surface area contributed by atoms with Crippen LogP contribution in [-0.2, 0) is 6.54 Å². The Morgan fingerprint density at radius 2 is 1.92 bits per heavy atom. The lowest BCUT2D eigenvalue weighted by molar-refractivity contribution is 0.343. The fourth-order valence-corrected chi connectivity index (χ4v) is 3.74. The van der Waals surface area contributed by atoms with Crippen LogP contribution in [0.3, 0.4) is 0 Å². The highest BCUT2D eigenvalue weighted by atomic mass is 35.5. The SMILES string of the molecule is CN1CCN(c2ccc(Cl)cc2)c2ccc(-c3nncs3)cc2C1. The van der Waals surface area contributed by atoms with Crippen molar-refractivity contribution in [3.8, 4) is 10.6 Å². The minimum Gasteiger partial charge on any atom is -0.340 e. The van der Waals surface area contributed by atoms with E-state index < -0.39 is 0 Å². The van der Waals surface area contributed by atoms with Crippen molar-refractivity contribution in [1.82, 2.24) is 15.1 Å². The average Bonchev–Trinajstić information content (AvgIpc) is 3.06. The van der Waals surface area contributed by atoms with Gasteiger partial charge < -0.3 is 9.80 Å². The van der Waals surface area contributed by atoms with E-state index in [2.05, 4.69) is 57.4 Å². The zero-order valence-corrected chi connectivity index (χ0v) is 14.9. The first-order chi connectivity index (χ1) is 11.7. The molecule has 4 nitrogen and oxygen atoms in total. The molecular formula is C18H17ClN4S. The lowest BCUT2D eigenvalue weighted by Gasteiger charge is -2.25. The average molecular weight is 357 g/mol. The molecular weight excluding hydrogens is 340 g/mol. The molecule has 2 heterocycles. The predicted octanol–water partition coefficient (Wildman–Crippen LogP) is 4.44. The van der Waals surface area contributed by atoms with Crippen molar-refractivity contribution in [2.75, 3.05) is 25.0 Å². The summed E-state index contributed by atoms with van der Waals surface area (Å²) in [7, 11) is 2.16. The summed E-state index contributed by atoms with van der Waals surface area (Å²) in [5.74, 6) is 0. The number of benzene rings is 2. The maximum absolute atomic E-state index is 6.05. The minimum atomic E-state index is 0.762. The second-order valence-corrected chi connectivity index (χ2v) is 7.22. The van der Waals surface area contributed by atoms with Crippen LogP contribution >= 0.6 is 22.9 Å². The lowest BCUT2D eigenvalue weighted by atomic mass is 10.1. The number of rotatable bonds is 2. The highest BCUT2D eigenvalue weighted by Gasteiger charge is 2.20. The predicted molar refractivity (Wildman–Crippen MR) is 100 cm³/mol. The Hall–Kier alpha value is -1.95. The maximum Gasteiger partial charge on any atom is 0.147 e. The van der Waals surface area contributed by atoms with Crippen LogP contribution in [0.1, 0.15) is 5.56 Å². The third kappa shape index (κ3) is 3.02. The quantitative estimate of drug-likeness (QED) is 0.679. The van der Waals surface area contributed by atoms with Crippen LogP contribution in [0.4, 0.5) is 11.4 Å². The van der Waals surface area contributed by atoms with Crippen molar-refractivity contribution in [3.63, 3.8) is 0 Å². The molecule has 0 spiro atoms. The van der Waals surface area contributed by atoms with E-state index in [1.54, 1.807) is 16.8 Å². The van der Waals surface area contributed by atoms with Gasteiger partial charge in [-0.25, -0.2) is 0 Å². The summed E-state index contributed by atoms with van der Waals surface area (Å²) in [5.41, 5.74) is 6.61. The molecule has 2 aromatic carbocycles. The largest absolute Gasteiger partial charge is 0.340 e. The Morgan fingerprint density at radius 1 is 1.08 bits per heavy atom. The highest BCUT2D eigenvalue weighted by molar-refractivity contribution is 7.12. The number of aromatic nitrogens is 2. The molecule has 1 aliphatic heterocycles. The molecule has 0 unspecified atom stereocenters. The van der Waals surface area contributed by atoms with Gasteiger partial charge >= 0.3 is 0 Å².